The van der Waals surface area contributed by atoms with Gasteiger partial charge in [0.15, 0.2) is 0 Å². The molecule has 1 fully saturated rings. The van der Waals surface area contributed by atoms with Crippen molar-refractivity contribution >= 4 is 29.9 Å². The van der Waals surface area contributed by atoms with E-state index in [9.17, 15) is 24.0 Å². The highest BCUT2D eigenvalue weighted by Crippen LogP contribution is 2.29. The van der Waals surface area contributed by atoms with E-state index in [1.54, 1.807) is 23.8 Å². The van der Waals surface area contributed by atoms with Crippen LogP contribution >= 0.6 is 0 Å². The minimum Gasteiger partial charge on any atom is -0.379 e. The minimum absolute atomic E-state index is 0.0141. The lowest BCUT2D eigenvalue weighted by Gasteiger charge is -2.39. The molecule has 2 N–H and O–H groups in total. The molecule has 4 amide bonds. The lowest BCUT2D eigenvalue weighted by molar-refractivity contribution is -0.146. The largest absolute Gasteiger partial charge is 0.379 e. The van der Waals surface area contributed by atoms with Gasteiger partial charge in [-0.2, -0.15) is 0 Å². The molecule has 42 heavy (non-hydrogen) atoms. The Morgan fingerprint density at radius 2 is 1.64 bits per heavy atom. The monoisotopic (exact) mass is 597 g/mol. The van der Waals surface area contributed by atoms with Gasteiger partial charge in [-0.1, -0.05) is 41.0 Å². The Kier molecular flexibility index (Phi) is 16.2. The van der Waals surface area contributed by atoms with Crippen LogP contribution < -0.4 is 10.6 Å². The van der Waals surface area contributed by atoms with Crippen LogP contribution in [0.4, 0.5) is 0 Å². The van der Waals surface area contributed by atoms with Gasteiger partial charge in [0.2, 0.25) is 23.6 Å². The predicted octanol–water partition coefficient (Wildman–Crippen LogP) is 0.924. The molecule has 0 radical (unpaired) electrons. The first kappa shape index (κ1) is 37.5. The highest BCUT2D eigenvalue weighted by molar-refractivity contribution is 5.87. The SMILES string of the molecule is CCC(C)C(C(CC(=O)N1CCCC1C(OC)C(C)C(=O)NCC=O)OC)N(C)C(=O)CNC(=O)C(C(C)C)N(C)C. The molecule has 1 saturated heterocycles. The molecule has 0 spiro atoms. The summed E-state index contributed by atoms with van der Waals surface area (Å²) in [4.78, 5) is 68.3. The summed E-state index contributed by atoms with van der Waals surface area (Å²) in [5, 5.41) is 5.35. The smallest absolute Gasteiger partial charge is 0.242 e. The maximum atomic E-state index is 13.7. The molecule has 0 aliphatic carbocycles. The number of carbonyl (C=O) groups is 5. The van der Waals surface area contributed by atoms with Gasteiger partial charge >= 0.3 is 0 Å². The van der Waals surface area contributed by atoms with Crippen molar-refractivity contribution in [1.82, 2.24) is 25.3 Å². The lowest BCUT2D eigenvalue weighted by atomic mass is 9.90. The van der Waals surface area contributed by atoms with Crippen LogP contribution in [0.3, 0.4) is 0 Å². The molecule has 0 aromatic heterocycles. The van der Waals surface area contributed by atoms with E-state index in [1.165, 1.54) is 14.2 Å². The summed E-state index contributed by atoms with van der Waals surface area (Å²) < 4.78 is 11.6. The summed E-state index contributed by atoms with van der Waals surface area (Å²) in [6.45, 7) is 9.98. The predicted molar refractivity (Wildman–Crippen MR) is 161 cm³/mol. The zero-order chi connectivity index (χ0) is 32.1. The van der Waals surface area contributed by atoms with Crippen LogP contribution in [-0.2, 0) is 33.4 Å². The number of hydrogen-bond donors (Lipinski definition) is 2. The Hall–Kier alpha value is -2.57. The van der Waals surface area contributed by atoms with Crippen LogP contribution in [0.15, 0.2) is 0 Å². The van der Waals surface area contributed by atoms with Crippen LogP contribution in [0.2, 0.25) is 0 Å². The van der Waals surface area contributed by atoms with E-state index in [-0.39, 0.29) is 67.1 Å². The van der Waals surface area contributed by atoms with Crippen LogP contribution in [-0.4, -0.2) is 130 Å². The molecule has 0 aromatic rings. The summed E-state index contributed by atoms with van der Waals surface area (Å²) in [5.41, 5.74) is 0. The number of amides is 4. The molecule has 7 unspecified atom stereocenters. The van der Waals surface area contributed by atoms with E-state index in [0.717, 1.165) is 12.8 Å². The minimum atomic E-state index is -0.585. The average Bonchev–Trinajstić information content (AvgIpc) is 3.43. The Bertz CT molecular complexity index is 891. The Morgan fingerprint density at radius 1 is 1.00 bits per heavy atom. The molecule has 7 atom stereocenters. The number of likely N-dealkylation sites (tertiary alicyclic amines) is 1. The van der Waals surface area contributed by atoms with Gasteiger partial charge in [0.1, 0.15) is 6.29 Å². The Balaban J connectivity index is 3.06. The van der Waals surface area contributed by atoms with Crippen molar-refractivity contribution in [2.45, 2.75) is 90.6 Å². The fourth-order valence-electron chi connectivity index (χ4n) is 6.15. The van der Waals surface area contributed by atoms with Crippen molar-refractivity contribution in [3.05, 3.63) is 0 Å². The highest BCUT2D eigenvalue weighted by Gasteiger charge is 2.42. The molecular weight excluding hydrogens is 542 g/mol. The molecule has 242 valence electrons. The number of hydrogen-bond acceptors (Lipinski definition) is 8. The maximum Gasteiger partial charge on any atom is 0.242 e. The summed E-state index contributed by atoms with van der Waals surface area (Å²) in [6, 6.07) is -1.07. The van der Waals surface area contributed by atoms with Crippen LogP contribution in [0, 0.1) is 17.8 Å². The number of carbonyl (C=O) groups excluding carboxylic acids is 5. The third kappa shape index (κ3) is 10.0. The molecule has 1 aliphatic rings. The van der Waals surface area contributed by atoms with Gasteiger partial charge in [-0.25, -0.2) is 0 Å². The van der Waals surface area contributed by atoms with Gasteiger partial charge < -0.3 is 34.7 Å². The summed E-state index contributed by atoms with van der Waals surface area (Å²) in [5.74, 6) is -1.40. The van der Waals surface area contributed by atoms with Crippen molar-refractivity contribution in [2.24, 2.45) is 17.8 Å². The van der Waals surface area contributed by atoms with Crippen molar-refractivity contribution < 1.29 is 33.4 Å². The standard InChI is InChI=1S/C30H55N5O7/c1-11-20(4)27(34(8)25(38)18-32-30(40)26(19(2)3)33(6)7)23(41-9)17-24(37)35-15-12-13-22(35)28(42-10)21(5)29(39)31-14-16-36/h16,19-23,26-28H,11-15,17-18H2,1-10H3,(H,31,39)(H,32,40). The van der Waals surface area contributed by atoms with Crippen LogP contribution in [0.5, 0.6) is 0 Å². The molecule has 1 rings (SSSR count). The zero-order valence-electron chi connectivity index (χ0n) is 27.3. The molecule has 1 aliphatic heterocycles. The first-order valence-corrected chi connectivity index (χ1v) is 15.0. The molecule has 0 saturated carbocycles. The second kappa shape index (κ2) is 18.2. The van der Waals surface area contributed by atoms with Crippen molar-refractivity contribution in [3.8, 4) is 0 Å². The summed E-state index contributed by atoms with van der Waals surface area (Å²) in [6.07, 6.45) is 1.75. The van der Waals surface area contributed by atoms with Gasteiger partial charge in [0, 0.05) is 27.8 Å². The quantitative estimate of drug-likeness (QED) is 0.223. The summed E-state index contributed by atoms with van der Waals surface area (Å²) in [7, 11) is 8.41. The molecular formula is C30H55N5O7. The molecule has 0 aromatic carbocycles. The molecule has 12 nitrogen and oxygen atoms in total. The normalized spacial score (nSPS) is 19.5. The van der Waals surface area contributed by atoms with Crippen molar-refractivity contribution in [2.75, 3.05) is 55.0 Å². The Morgan fingerprint density at radius 3 is 2.14 bits per heavy atom. The molecule has 0 bridgehead atoms. The van der Waals surface area contributed by atoms with Gasteiger partial charge in [0.05, 0.1) is 55.8 Å². The van der Waals surface area contributed by atoms with E-state index < -0.39 is 24.2 Å². The number of aldehydes is 1. The van der Waals surface area contributed by atoms with Gasteiger partial charge in [-0.15, -0.1) is 0 Å². The first-order valence-electron chi connectivity index (χ1n) is 15.0. The lowest BCUT2D eigenvalue weighted by Crippen LogP contribution is -2.55. The molecule has 12 heteroatoms. The number of nitrogens with zero attached hydrogens (tertiary/aromatic N) is 3. The van der Waals surface area contributed by atoms with E-state index in [1.807, 2.05) is 46.7 Å². The van der Waals surface area contributed by atoms with Crippen molar-refractivity contribution in [1.29, 1.82) is 0 Å². The maximum absolute atomic E-state index is 13.7. The first-order chi connectivity index (χ1) is 19.8. The van der Waals surface area contributed by atoms with Crippen LogP contribution in [0.25, 0.3) is 0 Å². The van der Waals surface area contributed by atoms with E-state index in [2.05, 4.69) is 10.6 Å². The number of rotatable bonds is 18. The van der Waals surface area contributed by atoms with Gasteiger partial charge in [-0.3, -0.25) is 24.1 Å². The van der Waals surface area contributed by atoms with E-state index in [4.69, 9.17) is 9.47 Å². The second-order valence-corrected chi connectivity index (χ2v) is 11.9. The van der Waals surface area contributed by atoms with E-state index in [0.29, 0.717) is 19.3 Å². The zero-order valence-corrected chi connectivity index (χ0v) is 27.3. The number of ether oxygens (including phenoxy) is 2. The third-order valence-electron chi connectivity index (χ3n) is 8.53. The number of nitrogens with one attached hydrogen (secondary N) is 2. The average molecular weight is 598 g/mol. The summed E-state index contributed by atoms with van der Waals surface area (Å²) >= 11 is 0. The Labute approximate surface area is 252 Å². The number of likely N-dealkylation sites (N-methyl/N-ethyl adjacent to an activating group) is 2. The topological polar surface area (TPSA) is 138 Å². The number of methoxy groups -OCH3 is 2. The molecule has 1 heterocycles. The highest BCUT2D eigenvalue weighted by atomic mass is 16.5. The van der Waals surface area contributed by atoms with Gasteiger partial charge in [-0.05, 0) is 38.8 Å². The van der Waals surface area contributed by atoms with Gasteiger partial charge in [0.25, 0.3) is 0 Å². The van der Waals surface area contributed by atoms with E-state index >= 15 is 0 Å². The second-order valence-electron chi connectivity index (χ2n) is 11.9. The van der Waals surface area contributed by atoms with Crippen LogP contribution in [0.1, 0.15) is 60.3 Å². The van der Waals surface area contributed by atoms with Crippen molar-refractivity contribution in [3.63, 3.8) is 0 Å². The fourth-order valence-corrected chi connectivity index (χ4v) is 6.15. The third-order valence-corrected chi connectivity index (χ3v) is 8.53. The fraction of sp³-hybridized carbons (Fsp3) is 0.833.